The van der Waals surface area contributed by atoms with Crippen LogP contribution in [0.5, 0.6) is 0 Å². The van der Waals surface area contributed by atoms with Crippen molar-refractivity contribution in [3.63, 3.8) is 0 Å². The van der Waals surface area contributed by atoms with E-state index in [-0.39, 0.29) is 11.8 Å². The smallest absolute Gasteiger partial charge is 0.228 e. The lowest BCUT2D eigenvalue weighted by molar-refractivity contribution is -0.119. The van der Waals surface area contributed by atoms with Crippen LogP contribution in [-0.2, 0) is 4.79 Å². The molecule has 0 bridgehead atoms. The molecule has 0 aliphatic rings. The monoisotopic (exact) mass is 196 g/mol. The molecule has 4 N–H and O–H groups in total. The molecule has 0 saturated heterocycles. The van der Waals surface area contributed by atoms with Crippen molar-refractivity contribution in [1.82, 2.24) is 10.2 Å². The van der Waals surface area contributed by atoms with E-state index in [0.29, 0.717) is 6.54 Å². The fourth-order valence-electron chi connectivity index (χ4n) is 1.09. The Kier molecular flexibility index (Phi) is 3.24. The molecule has 78 valence electrons. The van der Waals surface area contributed by atoms with Gasteiger partial charge in [-0.3, -0.25) is 9.89 Å². The number of carbonyl (C=O) groups excluding carboxylic acids is 1. The average molecular weight is 196 g/mol. The van der Waals surface area contributed by atoms with Crippen LogP contribution in [0.25, 0.3) is 0 Å². The summed E-state index contributed by atoms with van der Waals surface area (Å²) in [5.74, 6) is -0.246. The number of hydrogen-bond donors (Lipinski definition) is 3. The van der Waals surface area contributed by atoms with Crippen molar-refractivity contribution < 1.29 is 4.79 Å². The van der Waals surface area contributed by atoms with Crippen molar-refractivity contribution in [2.24, 2.45) is 11.7 Å². The number of amides is 1. The lowest BCUT2D eigenvalue weighted by Crippen LogP contribution is -2.27. The van der Waals surface area contributed by atoms with Crippen LogP contribution in [0.3, 0.4) is 0 Å². The lowest BCUT2D eigenvalue weighted by atomic mass is 10.1. The van der Waals surface area contributed by atoms with Crippen LogP contribution in [0.4, 0.5) is 5.69 Å². The van der Waals surface area contributed by atoms with E-state index in [0.717, 1.165) is 17.1 Å². The minimum atomic E-state index is -0.177. The predicted octanol–water partition coefficient (Wildman–Crippen LogP) is 0.560. The standard InChI is InChI=1S/C9H16N4O/c1-5(4-10)9(14)11-8-6(2)12-13-7(8)3/h5H,4,10H2,1-3H3,(H,11,14)(H,12,13). The molecule has 0 aromatic carbocycles. The number of anilines is 1. The van der Waals surface area contributed by atoms with Gasteiger partial charge in [-0.2, -0.15) is 5.10 Å². The van der Waals surface area contributed by atoms with Crippen LogP contribution in [0.1, 0.15) is 18.3 Å². The summed E-state index contributed by atoms with van der Waals surface area (Å²) < 4.78 is 0. The molecule has 0 radical (unpaired) electrons. The Morgan fingerprint density at radius 3 is 2.71 bits per heavy atom. The minimum absolute atomic E-state index is 0.0694. The van der Waals surface area contributed by atoms with Crippen LogP contribution in [0.15, 0.2) is 0 Å². The predicted molar refractivity (Wildman–Crippen MR) is 54.9 cm³/mol. The number of aromatic amines is 1. The van der Waals surface area contributed by atoms with Gasteiger partial charge >= 0.3 is 0 Å². The molecule has 1 atom stereocenters. The molecule has 0 aliphatic heterocycles. The van der Waals surface area contributed by atoms with Gasteiger partial charge in [-0.05, 0) is 13.8 Å². The van der Waals surface area contributed by atoms with E-state index in [1.807, 2.05) is 13.8 Å². The first-order valence-electron chi connectivity index (χ1n) is 4.58. The van der Waals surface area contributed by atoms with Gasteiger partial charge in [0, 0.05) is 12.5 Å². The van der Waals surface area contributed by atoms with Crippen molar-refractivity contribution in [3.05, 3.63) is 11.4 Å². The van der Waals surface area contributed by atoms with Gasteiger partial charge in [0.05, 0.1) is 17.1 Å². The van der Waals surface area contributed by atoms with Crippen LogP contribution in [-0.4, -0.2) is 22.6 Å². The number of rotatable bonds is 3. The molecule has 0 fully saturated rings. The van der Waals surface area contributed by atoms with Crippen molar-refractivity contribution in [1.29, 1.82) is 0 Å². The largest absolute Gasteiger partial charge is 0.330 e. The van der Waals surface area contributed by atoms with Gasteiger partial charge in [0.1, 0.15) is 0 Å². The number of carbonyl (C=O) groups is 1. The summed E-state index contributed by atoms with van der Waals surface area (Å²) in [6.45, 7) is 5.84. The van der Waals surface area contributed by atoms with E-state index in [1.54, 1.807) is 6.92 Å². The molecule has 1 unspecified atom stereocenters. The highest BCUT2D eigenvalue weighted by Gasteiger charge is 2.14. The Bertz CT molecular complexity index is 312. The van der Waals surface area contributed by atoms with E-state index in [9.17, 15) is 4.79 Å². The number of nitrogens with zero attached hydrogens (tertiary/aromatic N) is 1. The molecule has 0 aliphatic carbocycles. The molecular formula is C9H16N4O. The van der Waals surface area contributed by atoms with Gasteiger partial charge in [-0.15, -0.1) is 0 Å². The summed E-state index contributed by atoms with van der Waals surface area (Å²) in [5, 5.41) is 9.58. The van der Waals surface area contributed by atoms with Crippen molar-refractivity contribution in [2.45, 2.75) is 20.8 Å². The Hall–Kier alpha value is -1.36. The minimum Gasteiger partial charge on any atom is -0.330 e. The van der Waals surface area contributed by atoms with E-state index in [4.69, 9.17) is 5.73 Å². The fourth-order valence-corrected chi connectivity index (χ4v) is 1.09. The molecule has 1 aromatic heterocycles. The summed E-state index contributed by atoms with van der Waals surface area (Å²) in [4.78, 5) is 11.5. The van der Waals surface area contributed by atoms with Crippen molar-refractivity contribution in [2.75, 3.05) is 11.9 Å². The first-order valence-corrected chi connectivity index (χ1v) is 4.58. The maximum Gasteiger partial charge on any atom is 0.228 e. The highest BCUT2D eigenvalue weighted by Crippen LogP contribution is 2.16. The second-order valence-corrected chi connectivity index (χ2v) is 3.44. The van der Waals surface area contributed by atoms with E-state index >= 15 is 0 Å². The number of hydrogen-bond acceptors (Lipinski definition) is 3. The molecular weight excluding hydrogens is 180 g/mol. The average Bonchev–Trinajstić information content (AvgIpc) is 2.48. The quantitative estimate of drug-likeness (QED) is 0.660. The molecule has 0 saturated carbocycles. The third kappa shape index (κ3) is 2.11. The number of aromatic nitrogens is 2. The number of nitrogens with one attached hydrogen (secondary N) is 2. The zero-order chi connectivity index (χ0) is 10.7. The molecule has 1 amide bonds. The first-order chi connectivity index (χ1) is 6.56. The van der Waals surface area contributed by atoms with Crippen LogP contribution < -0.4 is 11.1 Å². The Morgan fingerprint density at radius 2 is 2.29 bits per heavy atom. The SMILES string of the molecule is Cc1n[nH]c(C)c1NC(=O)C(C)CN. The highest BCUT2D eigenvalue weighted by molar-refractivity contribution is 5.93. The third-order valence-electron chi connectivity index (χ3n) is 2.18. The zero-order valence-corrected chi connectivity index (χ0v) is 8.72. The van der Waals surface area contributed by atoms with E-state index in [2.05, 4.69) is 15.5 Å². The normalized spacial score (nSPS) is 12.6. The summed E-state index contributed by atoms with van der Waals surface area (Å²) in [6, 6.07) is 0. The number of aryl methyl sites for hydroxylation is 2. The van der Waals surface area contributed by atoms with E-state index < -0.39 is 0 Å². The van der Waals surface area contributed by atoms with Gasteiger partial charge in [-0.1, -0.05) is 6.92 Å². The second-order valence-electron chi connectivity index (χ2n) is 3.44. The Balaban J connectivity index is 2.74. The summed E-state index contributed by atoms with van der Waals surface area (Å²) in [6.07, 6.45) is 0. The second kappa shape index (κ2) is 4.23. The molecule has 1 rings (SSSR count). The topological polar surface area (TPSA) is 83.8 Å². The van der Waals surface area contributed by atoms with Crippen LogP contribution in [0.2, 0.25) is 0 Å². The molecule has 1 aromatic rings. The molecule has 14 heavy (non-hydrogen) atoms. The van der Waals surface area contributed by atoms with Gasteiger partial charge < -0.3 is 11.1 Å². The summed E-state index contributed by atoms with van der Waals surface area (Å²) >= 11 is 0. The first kappa shape index (κ1) is 10.7. The van der Waals surface area contributed by atoms with Gasteiger partial charge in [0.25, 0.3) is 0 Å². The highest BCUT2D eigenvalue weighted by atomic mass is 16.1. The van der Waals surface area contributed by atoms with E-state index in [1.165, 1.54) is 0 Å². The molecule has 1 heterocycles. The number of nitrogens with two attached hydrogens (primary N) is 1. The zero-order valence-electron chi connectivity index (χ0n) is 8.72. The van der Waals surface area contributed by atoms with Gasteiger partial charge in [0.15, 0.2) is 0 Å². The van der Waals surface area contributed by atoms with Crippen LogP contribution >= 0.6 is 0 Å². The van der Waals surface area contributed by atoms with Gasteiger partial charge in [-0.25, -0.2) is 0 Å². The van der Waals surface area contributed by atoms with Crippen molar-refractivity contribution in [3.8, 4) is 0 Å². The summed E-state index contributed by atoms with van der Waals surface area (Å²) in [5.41, 5.74) is 7.81. The molecule has 0 spiro atoms. The molecule has 5 nitrogen and oxygen atoms in total. The lowest BCUT2D eigenvalue weighted by Gasteiger charge is -2.09. The molecule has 5 heteroatoms. The van der Waals surface area contributed by atoms with Crippen LogP contribution in [0, 0.1) is 19.8 Å². The fraction of sp³-hybridized carbons (Fsp3) is 0.556. The Labute approximate surface area is 83.1 Å². The summed E-state index contributed by atoms with van der Waals surface area (Å²) in [7, 11) is 0. The number of H-pyrrole nitrogens is 1. The maximum atomic E-state index is 11.5. The van der Waals surface area contributed by atoms with Gasteiger partial charge in [0.2, 0.25) is 5.91 Å². The van der Waals surface area contributed by atoms with Crippen molar-refractivity contribution >= 4 is 11.6 Å². The maximum absolute atomic E-state index is 11.5. The third-order valence-corrected chi connectivity index (χ3v) is 2.18. The Morgan fingerprint density at radius 1 is 1.64 bits per heavy atom.